The van der Waals surface area contributed by atoms with Crippen LogP contribution >= 0.6 is 0 Å². The zero-order chi connectivity index (χ0) is 24.2. The number of rotatable bonds is 4. The average Bonchev–Trinajstić information content (AvgIpc) is 3.20. The summed E-state index contributed by atoms with van der Waals surface area (Å²) in [4.78, 5) is 29.7. The molecule has 0 bridgehead atoms. The molecule has 0 saturated carbocycles. The summed E-state index contributed by atoms with van der Waals surface area (Å²) in [5.74, 6) is -0.0499. The third kappa shape index (κ3) is 3.78. The highest BCUT2D eigenvalue weighted by Crippen LogP contribution is 2.28. The van der Waals surface area contributed by atoms with Crippen molar-refractivity contribution in [2.45, 2.75) is 38.5 Å². The first kappa shape index (κ1) is 21.9. The van der Waals surface area contributed by atoms with Gasteiger partial charge in [0.2, 0.25) is 11.8 Å². The highest BCUT2D eigenvalue weighted by Gasteiger charge is 2.47. The van der Waals surface area contributed by atoms with Crippen LogP contribution in [0.15, 0.2) is 72.9 Å². The Morgan fingerprint density at radius 2 is 1.60 bits per heavy atom. The Morgan fingerprint density at radius 1 is 0.857 bits per heavy atom. The molecule has 1 aromatic heterocycles. The number of hydrogen-bond acceptors (Lipinski definition) is 3. The van der Waals surface area contributed by atoms with Crippen LogP contribution in [0.1, 0.15) is 25.0 Å². The summed E-state index contributed by atoms with van der Waals surface area (Å²) < 4.78 is 2.34. The Hall–Kier alpha value is -3.64. The molecule has 4 aromatic rings. The molecule has 2 fully saturated rings. The van der Waals surface area contributed by atoms with Crippen LogP contribution in [0.5, 0.6) is 0 Å². The van der Waals surface area contributed by atoms with Gasteiger partial charge in [-0.15, -0.1) is 0 Å². The second kappa shape index (κ2) is 8.24. The number of amides is 2. The third-order valence-corrected chi connectivity index (χ3v) is 7.48. The topological polar surface area (TPSA) is 57.6 Å². The van der Waals surface area contributed by atoms with E-state index in [1.807, 2.05) is 0 Å². The Balaban J connectivity index is 1.28. The van der Waals surface area contributed by atoms with Crippen LogP contribution in [-0.4, -0.2) is 57.4 Å². The van der Waals surface area contributed by atoms with Crippen LogP contribution in [-0.2, 0) is 22.7 Å². The zero-order valence-electron chi connectivity index (χ0n) is 20.2. The first-order valence-electron chi connectivity index (χ1n) is 12.3. The van der Waals surface area contributed by atoms with Crippen molar-refractivity contribution in [3.05, 3.63) is 84.1 Å². The number of nitrogens with one attached hydrogen (secondary N) is 1. The maximum Gasteiger partial charge on any atom is 0.248 e. The van der Waals surface area contributed by atoms with E-state index in [0.29, 0.717) is 13.1 Å². The first-order valence-corrected chi connectivity index (χ1v) is 12.3. The standard InChI is InChI=1S/C29H30N4O2/c1-29(2)28(35)33-15-14-31(19-26(33)27(34)30-29)16-22-18-32(25-13-6-5-12-24(22)25)17-21-10-7-9-20-8-3-4-11-23(20)21/h3-13,18,26H,14-17,19H2,1-2H3,(H,30,34). The van der Waals surface area contributed by atoms with Gasteiger partial charge < -0.3 is 14.8 Å². The molecule has 6 rings (SSSR count). The molecule has 0 radical (unpaired) electrons. The van der Waals surface area contributed by atoms with E-state index >= 15 is 0 Å². The molecule has 3 aromatic carbocycles. The van der Waals surface area contributed by atoms with Gasteiger partial charge in [-0.25, -0.2) is 0 Å². The second-order valence-corrected chi connectivity index (χ2v) is 10.3. The molecule has 35 heavy (non-hydrogen) atoms. The molecule has 2 aliphatic rings. The predicted octanol–water partition coefficient (Wildman–Crippen LogP) is 3.76. The maximum absolute atomic E-state index is 12.8. The number of nitrogens with zero attached hydrogens (tertiary/aromatic N) is 3. The van der Waals surface area contributed by atoms with Crippen LogP contribution in [0.4, 0.5) is 0 Å². The molecular weight excluding hydrogens is 436 g/mol. The van der Waals surface area contributed by atoms with E-state index < -0.39 is 11.6 Å². The summed E-state index contributed by atoms with van der Waals surface area (Å²) in [5.41, 5.74) is 2.92. The van der Waals surface area contributed by atoms with Crippen LogP contribution in [0, 0.1) is 0 Å². The van der Waals surface area contributed by atoms with Crippen LogP contribution in [0.3, 0.4) is 0 Å². The van der Waals surface area contributed by atoms with Gasteiger partial charge in [-0.2, -0.15) is 0 Å². The van der Waals surface area contributed by atoms with Gasteiger partial charge >= 0.3 is 0 Å². The minimum Gasteiger partial charge on any atom is -0.343 e. The lowest BCUT2D eigenvalue weighted by Crippen LogP contribution is -2.72. The lowest BCUT2D eigenvalue weighted by atomic mass is 9.95. The van der Waals surface area contributed by atoms with Gasteiger partial charge in [0, 0.05) is 49.8 Å². The number of carbonyl (C=O) groups is 2. The Bertz CT molecular complexity index is 1450. The molecule has 6 nitrogen and oxygen atoms in total. The minimum absolute atomic E-state index is 0.00782. The molecule has 0 spiro atoms. The van der Waals surface area contributed by atoms with Gasteiger partial charge in [0.15, 0.2) is 0 Å². The van der Waals surface area contributed by atoms with Crippen molar-refractivity contribution in [2.75, 3.05) is 19.6 Å². The van der Waals surface area contributed by atoms with Crippen molar-refractivity contribution in [2.24, 2.45) is 0 Å². The van der Waals surface area contributed by atoms with Gasteiger partial charge in [0.1, 0.15) is 11.6 Å². The lowest BCUT2D eigenvalue weighted by molar-refractivity contribution is -0.157. The number of carbonyl (C=O) groups excluding carboxylic acids is 2. The summed E-state index contributed by atoms with van der Waals surface area (Å²) in [5, 5.41) is 6.67. The lowest BCUT2D eigenvalue weighted by Gasteiger charge is -2.47. The minimum atomic E-state index is -0.829. The van der Waals surface area contributed by atoms with Crippen molar-refractivity contribution >= 4 is 33.5 Å². The number of aromatic nitrogens is 1. The number of piperazine rings is 2. The van der Waals surface area contributed by atoms with E-state index in [2.05, 4.69) is 87.7 Å². The second-order valence-electron chi connectivity index (χ2n) is 10.3. The van der Waals surface area contributed by atoms with E-state index in [9.17, 15) is 9.59 Å². The summed E-state index contributed by atoms with van der Waals surface area (Å²) >= 11 is 0. The smallest absolute Gasteiger partial charge is 0.248 e. The van der Waals surface area contributed by atoms with Crippen LogP contribution < -0.4 is 5.32 Å². The van der Waals surface area contributed by atoms with Gasteiger partial charge in [0.25, 0.3) is 0 Å². The number of hydrogen-bond donors (Lipinski definition) is 1. The molecule has 2 amide bonds. The molecular formula is C29H30N4O2. The van der Waals surface area contributed by atoms with Crippen LogP contribution in [0.2, 0.25) is 0 Å². The SMILES string of the molecule is CC1(C)NC(=O)C2CN(Cc3cn(Cc4cccc5ccccc45)c4ccccc34)CCN2C1=O. The third-order valence-electron chi connectivity index (χ3n) is 7.48. The molecule has 0 aliphatic carbocycles. The van der Waals surface area contributed by atoms with E-state index in [1.54, 1.807) is 18.7 Å². The highest BCUT2D eigenvalue weighted by molar-refractivity contribution is 5.99. The molecule has 2 aliphatic heterocycles. The fourth-order valence-electron chi connectivity index (χ4n) is 5.69. The Morgan fingerprint density at radius 3 is 2.46 bits per heavy atom. The van der Waals surface area contributed by atoms with Crippen molar-refractivity contribution in [3.8, 4) is 0 Å². The fraction of sp³-hybridized carbons (Fsp3) is 0.310. The van der Waals surface area contributed by atoms with E-state index in [1.165, 1.54) is 32.8 Å². The Labute approximate surface area is 205 Å². The summed E-state index contributed by atoms with van der Waals surface area (Å²) in [6.07, 6.45) is 2.26. The monoisotopic (exact) mass is 466 g/mol. The normalized spacial score (nSPS) is 20.3. The van der Waals surface area contributed by atoms with E-state index in [4.69, 9.17) is 0 Å². The Kier molecular flexibility index (Phi) is 5.15. The maximum atomic E-state index is 12.8. The van der Waals surface area contributed by atoms with E-state index in [0.717, 1.165) is 19.6 Å². The predicted molar refractivity (Wildman–Crippen MR) is 138 cm³/mol. The van der Waals surface area contributed by atoms with Crippen LogP contribution in [0.25, 0.3) is 21.7 Å². The highest BCUT2D eigenvalue weighted by atomic mass is 16.2. The molecule has 6 heteroatoms. The number of benzene rings is 3. The zero-order valence-corrected chi connectivity index (χ0v) is 20.2. The summed E-state index contributed by atoms with van der Waals surface area (Å²) in [7, 11) is 0. The quantitative estimate of drug-likeness (QED) is 0.498. The molecule has 178 valence electrons. The van der Waals surface area contributed by atoms with E-state index in [-0.39, 0.29) is 11.8 Å². The van der Waals surface area contributed by atoms with Crippen molar-refractivity contribution in [1.29, 1.82) is 0 Å². The van der Waals surface area contributed by atoms with Gasteiger partial charge in [-0.05, 0) is 41.8 Å². The molecule has 3 heterocycles. The van der Waals surface area contributed by atoms with Crippen molar-refractivity contribution in [3.63, 3.8) is 0 Å². The molecule has 1 N–H and O–H groups in total. The first-order chi connectivity index (χ1) is 16.9. The molecule has 1 unspecified atom stereocenters. The number of para-hydroxylation sites is 1. The molecule has 2 saturated heterocycles. The largest absolute Gasteiger partial charge is 0.343 e. The summed E-state index contributed by atoms with van der Waals surface area (Å²) in [6.45, 7) is 6.99. The van der Waals surface area contributed by atoms with Crippen molar-refractivity contribution in [1.82, 2.24) is 19.7 Å². The van der Waals surface area contributed by atoms with Crippen molar-refractivity contribution < 1.29 is 9.59 Å². The summed E-state index contributed by atoms with van der Waals surface area (Å²) in [6, 6.07) is 23.1. The van der Waals surface area contributed by atoms with Gasteiger partial charge in [-0.3, -0.25) is 14.5 Å². The fourth-order valence-corrected chi connectivity index (χ4v) is 5.69. The molecule has 1 atom stereocenters. The average molecular weight is 467 g/mol. The number of fused-ring (bicyclic) bond motifs is 3. The van der Waals surface area contributed by atoms with Gasteiger partial charge in [0.05, 0.1) is 0 Å². The van der Waals surface area contributed by atoms with Gasteiger partial charge in [-0.1, -0.05) is 60.7 Å².